The second kappa shape index (κ2) is 49.1. The zero-order valence-corrected chi connectivity index (χ0v) is 74.2. The first-order valence-corrected chi connectivity index (χ1v) is 41.9. The Labute approximate surface area is 736 Å². The van der Waals surface area contributed by atoms with Crippen LogP contribution in [0, 0.1) is 31.1 Å². The third-order valence-corrected chi connectivity index (χ3v) is 21.1. The quantitative estimate of drug-likeness (QED) is 0.00736. The standard InChI is InChI=1S/C88H118ClF3N14O20/c1-55(2)78(101-75(108)31-34-119-36-38-121-40-42-123-44-45-124-43-41-122-39-37-120-35-33-96-79(111)72(28-30-77(109)110)100-86(118)126-87(5,6)7)81(113)99-71(18-15-32-97-85(94)117)80(112)98-63-21-19-60(61(46-63)52-95-8)54-106(11,12)76(125-84(116)88(90,91)92)29-24-65-47-58-16-13-14-17-59(58)53-104(65)82(114)68-27-20-62(89)48-70(68)74-50-69(56(3)103(74)10)83(115)105(64-22-25-67(107)26-23-64)73-49-66(51-93)102(9)57(73)4/h13-14,16-17,19-23,25-27,46,48-50,55,65,71-72,76,78,95H,15,18,24,28-45,47,52-54H2,1-12H3,(H9-,94,96,97,98,99,100,101,107,108,109,110,111,112,113,117,118)/p+1/t65-,71+,72+,76?,78+/m1/s1. The van der Waals surface area contributed by atoms with Crippen LogP contribution in [-0.4, -0.2) is 244 Å². The van der Waals surface area contributed by atoms with Gasteiger partial charge in [-0.15, -0.1) is 0 Å². The number of aromatic hydroxyl groups is 1. The summed E-state index contributed by atoms with van der Waals surface area (Å²) in [5.41, 5.74) is 11.1. The van der Waals surface area contributed by atoms with Crippen LogP contribution in [-0.2, 0) is 107 Å². The molecule has 0 saturated heterocycles. The number of phenols is 1. The average molecular weight is 1790 g/mol. The third kappa shape index (κ3) is 31.4. The third-order valence-electron chi connectivity index (χ3n) is 20.9. The monoisotopic (exact) mass is 1780 g/mol. The molecular formula is C88H119ClF3N14O20+. The van der Waals surface area contributed by atoms with Gasteiger partial charge in [0.1, 0.15) is 47.8 Å². The average Bonchev–Trinajstić information content (AvgIpc) is 1.57. The normalized spacial score (nSPS) is 13.7. The van der Waals surface area contributed by atoms with E-state index in [0.29, 0.717) is 77.3 Å². The highest BCUT2D eigenvalue weighted by Crippen LogP contribution is 2.39. The van der Waals surface area contributed by atoms with E-state index in [0.717, 1.165) is 11.1 Å². The number of anilines is 3. The highest BCUT2D eigenvalue weighted by Gasteiger charge is 2.46. The summed E-state index contributed by atoms with van der Waals surface area (Å²) < 4.78 is 90.4. The lowest BCUT2D eigenvalue weighted by Gasteiger charge is -2.41. The Balaban J connectivity index is 0.920. The first-order chi connectivity index (χ1) is 59.7. The molecule has 0 fully saturated rings. The first-order valence-electron chi connectivity index (χ1n) is 41.5. The molecule has 0 spiro atoms. The fourth-order valence-corrected chi connectivity index (χ4v) is 14.2. The van der Waals surface area contributed by atoms with Crippen LogP contribution in [0.5, 0.6) is 5.75 Å². The number of amides is 9. The lowest BCUT2D eigenvalue weighted by molar-refractivity contribution is -0.947. The number of nitrogens with two attached hydrogens (primary N) is 1. The first kappa shape index (κ1) is 102. The number of ether oxygens (including phenoxy) is 8. The van der Waals surface area contributed by atoms with E-state index in [4.69, 9.17) is 60.3 Å². The van der Waals surface area contributed by atoms with Crippen molar-refractivity contribution in [3.63, 3.8) is 0 Å². The number of phenolic OH excluding ortho intramolecular Hbond substituents is 1. The predicted octanol–water partition coefficient (Wildman–Crippen LogP) is 9.01. The number of nitrogens with one attached hydrogen (secondary N) is 7. The van der Waals surface area contributed by atoms with Crippen molar-refractivity contribution < 1.29 is 114 Å². The van der Waals surface area contributed by atoms with Gasteiger partial charge < -0.3 is 105 Å². The van der Waals surface area contributed by atoms with Crippen molar-refractivity contribution in [3.05, 3.63) is 153 Å². The molecule has 126 heavy (non-hydrogen) atoms. The summed E-state index contributed by atoms with van der Waals surface area (Å²) in [4.78, 5) is 136. The van der Waals surface area contributed by atoms with Gasteiger partial charge in [0.05, 0.1) is 105 Å². The molecule has 3 heterocycles. The number of carboxylic acids is 1. The molecule has 0 bridgehead atoms. The van der Waals surface area contributed by atoms with Crippen LogP contribution in [0.1, 0.15) is 140 Å². The van der Waals surface area contributed by atoms with Crippen LogP contribution in [0.15, 0.2) is 97.1 Å². The van der Waals surface area contributed by atoms with Crippen molar-refractivity contribution >= 4 is 88.2 Å². The molecule has 0 saturated carbocycles. The van der Waals surface area contributed by atoms with Gasteiger partial charge in [-0.05, 0) is 163 Å². The van der Waals surface area contributed by atoms with Gasteiger partial charge in [-0.1, -0.05) is 55.8 Å². The Morgan fingerprint density at radius 2 is 1.29 bits per heavy atom. The number of rotatable bonds is 50. The van der Waals surface area contributed by atoms with Crippen LogP contribution in [0.25, 0.3) is 11.3 Å². The van der Waals surface area contributed by atoms with Crippen molar-refractivity contribution in [2.75, 3.05) is 124 Å². The molecule has 6 aromatic rings. The number of esters is 1. The van der Waals surface area contributed by atoms with Crippen molar-refractivity contribution in [2.45, 2.75) is 162 Å². The highest BCUT2D eigenvalue weighted by atomic mass is 35.5. The second-order valence-electron chi connectivity index (χ2n) is 32.2. The number of halogens is 4. The van der Waals surface area contributed by atoms with E-state index >= 15 is 9.59 Å². The number of hydrogen-bond acceptors (Lipinski definition) is 21. The SMILES string of the molecule is CNCc1cc(NC(=O)[C@H](CCCNC(N)=O)NC(=O)[C@@H](NC(=O)CCOCCOCCOCCOCCOCCOCCNC(=O)[C@H](CCC(=O)O)NC(=O)OC(C)(C)C)C(C)C)ccc1C[N+](C)(C)C(CC[C@@H]1Cc2ccccc2CN1C(=O)c1ccc(Cl)cc1-c1cc(C(=O)N(c2ccc(O)cc2)c2cc(C#N)n(C)c2C)c(C)n1C)OC(=O)C(F)(F)F. The molecule has 2 aromatic heterocycles. The molecule has 5 atom stereocenters. The number of nitriles is 1. The molecule has 1 aliphatic rings. The fourth-order valence-electron chi connectivity index (χ4n) is 14.0. The van der Waals surface area contributed by atoms with E-state index in [2.05, 4.69) is 43.3 Å². The maximum absolute atomic E-state index is 15.7. The van der Waals surface area contributed by atoms with Crippen LogP contribution in [0.2, 0.25) is 5.02 Å². The number of fused-ring (bicyclic) bond motifs is 1. The lowest BCUT2D eigenvalue weighted by atomic mass is 9.90. The minimum absolute atomic E-state index is 0.00129. The number of alkyl halides is 3. The molecule has 4 aromatic carbocycles. The van der Waals surface area contributed by atoms with Crippen molar-refractivity contribution in [3.8, 4) is 23.1 Å². The summed E-state index contributed by atoms with van der Waals surface area (Å²) >= 11 is 6.78. The molecule has 0 radical (unpaired) electrons. The van der Waals surface area contributed by atoms with Crippen molar-refractivity contribution in [2.24, 2.45) is 25.7 Å². The molecular weight excluding hydrogens is 1670 g/mol. The lowest BCUT2D eigenvalue weighted by Crippen LogP contribution is -2.54. The zero-order chi connectivity index (χ0) is 92.6. The van der Waals surface area contributed by atoms with E-state index in [1.54, 1.807) is 158 Å². The number of aromatic nitrogens is 2. The van der Waals surface area contributed by atoms with Gasteiger partial charge in [-0.2, -0.15) is 18.4 Å². The van der Waals surface area contributed by atoms with E-state index in [-0.39, 0.29) is 169 Å². The molecule has 1 aliphatic heterocycles. The number of carboxylic acid groups (broad SMARTS) is 1. The van der Waals surface area contributed by atoms with Crippen LogP contribution >= 0.6 is 11.6 Å². The Hall–Kier alpha value is -11.2. The number of hydrogen-bond donors (Lipinski definition) is 10. The molecule has 7 rings (SSSR count). The molecule has 688 valence electrons. The number of primary amides is 1. The number of alkyl carbamates (subject to hydrolysis) is 1. The van der Waals surface area contributed by atoms with Gasteiger partial charge in [-0.3, -0.25) is 42.9 Å². The molecule has 0 aliphatic carbocycles. The fraction of sp³-hybridized carbons (Fsp3) is 0.511. The summed E-state index contributed by atoms with van der Waals surface area (Å²) in [6.45, 7) is 15.0. The van der Waals surface area contributed by atoms with Gasteiger partial charge in [0, 0.05) is 116 Å². The van der Waals surface area contributed by atoms with E-state index in [9.17, 15) is 61.9 Å². The Morgan fingerprint density at radius 3 is 1.87 bits per heavy atom. The summed E-state index contributed by atoms with van der Waals surface area (Å²) in [5, 5.41) is 48.6. The Morgan fingerprint density at radius 1 is 0.683 bits per heavy atom. The van der Waals surface area contributed by atoms with Gasteiger partial charge in [-0.25, -0.2) is 14.4 Å². The summed E-state index contributed by atoms with van der Waals surface area (Å²) in [6.07, 6.45) is -7.99. The topological polar surface area (TPSA) is 435 Å². The van der Waals surface area contributed by atoms with Crippen LogP contribution in [0.3, 0.4) is 0 Å². The zero-order valence-electron chi connectivity index (χ0n) is 73.4. The minimum Gasteiger partial charge on any atom is -0.508 e. The Bertz CT molecular complexity index is 4740. The summed E-state index contributed by atoms with van der Waals surface area (Å²) in [6, 6.07) is 23.7. The van der Waals surface area contributed by atoms with E-state index < -0.39 is 108 Å². The molecule has 38 heteroatoms. The maximum Gasteiger partial charge on any atom is 0.491 e. The smallest absolute Gasteiger partial charge is 0.491 e. The molecule has 9 amide bonds. The van der Waals surface area contributed by atoms with Crippen molar-refractivity contribution in [1.82, 2.24) is 45.9 Å². The number of carbonyl (C=O) groups is 10. The number of carbonyl (C=O) groups excluding carboxylic acids is 9. The number of nitrogens with zero attached hydrogens (tertiary/aromatic N) is 6. The largest absolute Gasteiger partial charge is 0.508 e. The van der Waals surface area contributed by atoms with Gasteiger partial charge in [0.25, 0.3) is 11.8 Å². The maximum atomic E-state index is 15.7. The van der Waals surface area contributed by atoms with Gasteiger partial charge >= 0.3 is 30.2 Å². The molecule has 34 nitrogen and oxygen atoms in total. The van der Waals surface area contributed by atoms with Crippen LogP contribution in [0.4, 0.5) is 39.8 Å². The van der Waals surface area contributed by atoms with Crippen LogP contribution < -0.4 is 47.9 Å². The van der Waals surface area contributed by atoms with Crippen molar-refractivity contribution in [1.29, 1.82) is 5.26 Å². The summed E-state index contributed by atoms with van der Waals surface area (Å²) in [5.74, 6) is -7.40. The number of urea groups is 1. The van der Waals surface area contributed by atoms with Gasteiger partial charge in [0.15, 0.2) is 0 Å². The minimum atomic E-state index is -5.39. The molecule has 1 unspecified atom stereocenters. The number of aliphatic carboxylic acids is 1. The molecule has 11 N–H and O–H groups in total. The summed E-state index contributed by atoms with van der Waals surface area (Å²) in [7, 11) is 8.35. The number of benzene rings is 4. The van der Waals surface area contributed by atoms with E-state index in [1.807, 2.05) is 24.3 Å². The van der Waals surface area contributed by atoms with Gasteiger partial charge in [0.2, 0.25) is 29.9 Å². The Kier molecular flexibility index (Phi) is 39.7. The second-order valence-corrected chi connectivity index (χ2v) is 32.6. The number of quaternary nitrogens is 1. The van der Waals surface area contributed by atoms with E-state index in [1.165, 1.54) is 17.0 Å². The predicted molar refractivity (Wildman–Crippen MR) is 461 cm³/mol. The highest BCUT2D eigenvalue weighted by molar-refractivity contribution is 6.31.